The lowest BCUT2D eigenvalue weighted by atomic mass is 9.33. The molecular formula is C65H104O31. The minimum Gasteiger partial charge on any atom is -0.467 e. The van der Waals surface area contributed by atoms with Crippen LogP contribution in [-0.2, 0) is 71.2 Å². The van der Waals surface area contributed by atoms with Gasteiger partial charge >= 0.3 is 11.9 Å². The lowest BCUT2D eigenvalue weighted by Crippen LogP contribution is -2.69. The quantitative estimate of drug-likeness (QED) is 0.0449. The largest absolute Gasteiger partial charge is 0.467 e. The van der Waals surface area contributed by atoms with Crippen molar-refractivity contribution in [2.24, 2.45) is 50.2 Å². The van der Waals surface area contributed by atoms with Gasteiger partial charge in [-0.05, 0) is 116 Å². The zero-order chi connectivity index (χ0) is 70.2. The molecule has 4 saturated carbocycles. The highest BCUT2D eigenvalue weighted by molar-refractivity contribution is 5.80. The molecule has 37 atom stereocenters. The molecule has 6 heterocycles. The Morgan fingerprint density at radius 1 is 0.521 bits per heavy atom. The number of hydrogen-bond donors (Lipinski definition) is 16. The predicted molar refractivity (Wildman–Crippen MR) is 320 cm³/mol. The average molecular weight is 1380 g/mol. The maximum absolute atomic E-state index is 15.9. The first-order valence-electron chi connectivity index (χ1n) is 33.9. The molecule has 0 aromatic rings. The summed E-state index contributed by atoms with van der Waals surface area (Å²) in [6.07, 6.45) is -43.1. The minimum atomic E-state index is -2.02. The summed E-state index contributed by atoms with van der Waals surface area (Å²) in [5.41, 5.74) is -3.30. The summed E-state index contributed by atoms with van der Waals surface area (Å²) >= 11 is 0. The van der Waals surface area contributed by atoms with Crippen LogP contribution in [0.25, 0.3) is 0 Å². The van der Waals surface area contributed by atoms with Gasteiger partial charge in [0.25, 0.3) is 0 Å². The van der Waals surface area contributed by atoms with Crippen LogP contribution in [0.1, 0.15) is 120 Å². The van der Waals surface area contributed by atoms with Crippen LogP contribution in [0, 0.1) is 50.2 Å². The van der Waals surface area contributed by atoms with Crippen molar-refractivity contribution in [3.05, 3.63) is 11.6 Å². The van der Waals surface area contributed by atoms with Gasteiger partial charge in [-0.3, -0.25) is 4.79 Å². The molecule has 31 nitrogen and oxygen atoms in total. The summed E-state index contributed by atoms with van der Waals surface area (Å²) < 4.78 is 77.9. The highest BCUT2D eigenvalue weighted by atomic mass is 16.8. The Hall–Kier alpha value is -2.40. The fourth-order valence-corrected chi connectivity index (χ4v) is 19.0. The second kappa shape index (κ2) is 27.7. The third-order valence-corrected chi connectivity index (χ3v) is 25.0. The van der Waals surface area contributed by atoms with Crippen LogP contribution in [0.3, 0.4) is 0 Å². The maximum Gasteiger partial charge on any atom is 0.337 e. The van der Waals surface area contributed by atoms with E-state index < -0.39 is 249 Å². The smallest absolute Gasteiger partial charge is 0.337 e. The highest BCUT2D eigenvalue weighted by Crippen LogP contribution is 2.76. The van der Waals surface area contributed by atoms with E-state index in [1.807, 2.05) is 0 Å². The molecule has 31 heteroatoms. The number of carbonyl (C=O) groups excluding carboxylic acids is 2. The fraction of sp³-hybridized carbons (Fsp3) is 0.938. The van der Waals surface area contributed by atoms with Gasteiger partial charge in [-0.15, -0.1) is 0 Å². The summed E-state index contributed by atoms with van der Waals surface area (Å²) in [5, 5.41) is 177. The molecular weight excluding hydrogens is 1280 g/mol. The van der Waals surface area contributed by atoms with E-state index in [2.05, 4.69) is 54.5 Å². The van der Waals surface area contributed by atoms with Crippen LogP contribution in [0.15, 0.2) is 11.6 Å². The molecule has 0 unspecified atom stereocenters. The normalized spacial score (nSPS) is 54.1. The molecule has 11 rings (SSSR count). The third-order valence-electron chi connectivity index (χ3n) is 25.0. The summed E-state index contributed by atoms with van der Waals surface area (Å²) in [6.45, 7) is 16.1. The molecule has 6 saturated heterocycles. The molecule has 16 N–H and O–H groups in total. The van der Waals surface area contributed by atoms with Gasteiger partial charge < -0.3 is 143 Å². The van der Waals surface area contributed by atoms with Crippen molar-refractivity contribution in [1.29, 1.82) is 0 Å². The van der Waals surface area contributed by atoms with E-state index in [-0.39, 0.29) is 30.1 Å². The summed E-state index contributed by atoms with van der Waals surface area (Å²) in [7, 11) is 1.08. The number of rotatable bonds is 14. The summed E-state index contributed by atoms with van der Waals surface area (Å²) in [4.78, 5) is 29.0. The molecule has 550 valence electrons. The SMILES string of the molecule is COC(=O)[C@H]1O[C@@H](O[C@H]2CC[C@]3(C)[C@H]4CC=C5[C@@H]6CC(C)(C)CC[C@]6(C(=O)O[C@@H]6OC[C@@H](O)[C@H](O[C@@H]7O[C@@H](C)[C@H](O)[C@@H](O)[C@H]7O)[C@H]6O[C@@H]6O[C@@H](C)[C@H](O[C@@H]7OC[C@@H](O)[C@H](O)[C@H]7O)[C@@H](O)[C@H]6O)[C@H](O)C[C@@]5(C)[C@]4(C)CC[C@H]3C2(C)C)[C@H](O[C@@H]2O[C@H](CO)[C@H](O)[C@H](O)[C@H]2O)[C@@H](O)[C@@H]1O. The second-order valence-corrected chi connectivity index (χ2v) is 31.3. The van der Waals surface area contributed by atoms with Crippen molar-refractivity contribution >= 4 is 11.9 Å². The molecule has 0 radical (unpaired) electrons. The first-order chi connectivity index (χ1) is 44.9. The number of aliphatic hydroxyl groups excluding tert-OH is 16. The van der Waals surface area contributed by atoms with Crippen LogP contribution in [0.5, 0.6) is 0 Å². The Kier molecular flexibility index (Phi) is 21.5. The Morgan fingerprint density at radius 2 is 1.09 bits per heavy atom. The second-order valence-electron chi connectivity index (χ2n) is 31.3. The van der Waals surface area contributed by atoms with Gasteiger partial charge in [-0.1, -0.05) is 60.1 Å². The van der Waals surface area contributed by atoms with Gasteiger partial charge in [0.15, 0.2) is 43.7 Å². The molecule has 0 bridgehead atoms. The fourth-order valence-electron chi connectivity index (χ4n) is 19.0. The zero-order valence-corrected chi connectivity index (χ0v) is 55.9. The van der Waals surface area contributed by atoms with Gasteiger partial charge in [0.05, 0.1) is 51.3 Å². The van der Waals surface area contributed by atoms with Crippen molar-refractivity contribution in [3.8, 4) is 0 Å². The van der Waals surface area contributed by atoms with E-state index in [9.17, 15) is 86.5 Å². The van der Waals surface area contributed by atoms with E-state index in [1.165, 1.54) is 13.8 Å². The van der Waals surface area contributed by atoms with Gasteiger partial charge in [-0.25, -0.2) is 4.79 Å². The van der Waals surface area contributed by atoms with Crippen LogP contribution in [0.2, 0.25) is 0 Å². The molecule has 6 aliphatic heterocycles. The first-order valence-corrected chi connectivity index (χ1v) is 33.9. The van der Waals surface area contributed by atoms with E-state index in [4.69, 9.17) is 61.6 Å². The van der Waals surface area contributed by atoms with Crippen molar-refractivity contribution in [1.82, 2.24) is 0 Å². The number of esters is 2. The molecule has 11 aliphatic rings. The number of aliphatic hydroxyl groups is 16. The minimum absolute atomic E-state index is 0.0136. The summed E-state index contributed by atoms with van der Waals surface area (Å²) in [5.74, 6) is -2.57. The lowest BCUT2D eigenvalue weighted by molar-refractivity contribution is -0.384. The van der Waals surface area contributed by atoms with Gasteiger partial charge in [-0.2, -0.15) is 0 Å². The Bertz CT molecular complexity index is 2760. The molecule has 0 amide bonds. The number of allylic oxidation sites excluding steroid dienone is 2. The zero-order valence-electron chi connectivity index (χ0n) is 55.9. The average Bonchev–Trinajstić information content (AvgIpc) is 0.672. The van der Waals surface area contributed by atoms with Crippen molar-refractivity contribution < 1.29 is 153 Å². The van der Waals surface area contributed by atoms with Crippen LogP contribution in [-0.4, -0.2) is 305 Å². The number of hydrogen-bond acceptors (Lipinski definition) is 31. The van der Waals surface area contributed by atoms with E-state index >= 15 is 4.79 Å². The Labute approximate surface area is 556 Å². The topological polar surface area (TPSA) is 478 Å². The predicted octanol–water partition coefficient (Wildman–Crippen LogP) is -3.90. The third kappa shape index (κ3) is 12.6. The molecule has 10 fully saturated rings. The maximum atomic E-state index is 15.9. The number of methoxy groups -OCH3 is 1. The monoisotopic (exact) mass is 1380 g/mol. The highest BCUT2D eigenvalue weighted by Gasteiger charge is 2.73. The van der Waals surface area contributed by atoms with Gasteiger partial charge in [0.1, 0.15) is 115 Å². The lowest BCUT2D eigenvalue weighted by Gasteiger charge is -2.71. The van der Waals surface area contributed by atoms with E-state index in [0.29, 0.717) is 44.9 Å². The van der Waals surface area contributed by atoms with E-state index in [1.54, 1.807) is 0 Å². The molecule has 0 spiro atoms. The molecule has 0 aromatic carbocycles. The Morgan fingerprint density at radius 3 is 1.76 bits per heavy atom. The van der Waals surface area contributed by atoms with Crippen molar-refractivity contribution in [3.63, 3.8) is 0 Å². The number of fused-ring (bicyclic) bond motifs is 7. The van der Waals surface area contributed by atoms with Crippen molar-refractivity contribution in [2.75, 3.05) is 26.9 Å². The van der Waals surface area contributed by atoms with Crippen LogP contribution >= 0.6 is 0 Å². The van der Waals surface area contributed by atoms with Crippen LogP contribution < -0.4 is 0 Å². The molecule has 96 heavy (non-hydrogen) atoms. The first kappa shape index (κ1) is 74.8. The van der Waals surface area contributed by atoms with Crippen molar-refractivity contribution in [2.45, 2.75) is 304 Å². The number of ether oxygens (including phenoxy) is 13. The van der Waals surface area contributed by atoms with Gasteiger partial charge in [0, 0.05) is 0 Å². The van der Waals surface area contributed by atoms with E-state index in [0.717, 1.165) is 12.7 Å². The number of carbonyl (C=O) groups is 2. The Balaban J connectivity index is 0.862. The summed E-state index contributed by atoms with van der Waals surface area (Å²) in [6, 6.07) is 0. The standard InChI is InChI=1S/C65H104O31/c1-24-35(70)38(73)44(79)54(87-24)92-48-29(68)23-86-57(51(48)95-55-46(81)42(77)47(25(2)88-55)91-53-43(78)36(71)28(67)22-85-53)96-59(83)65-18-17-60(3,4)19-27(65)26-11-12-32-62(7)15-14-34(61(5,6)31(62)13-16-63(32,8)64(26,9)20-33(65)69)90-58-50(41(76)40(75)49(93-58)52(82)84-10)94-56-45(80)39(74)37(72)30(21-66)89-56/h11,24-25,27-51,53-58,66-81H,12-23H2,1-10H3/t24-,25-,27-,28+,29+,30+,31-,32+,33+,34-,35-,36-,37-,38+,39-,40-,41-,42-,43+,44+,45+,46+,47-,48-,49-,50+,51+,53-,54-,55-,56-,57-,58+,62-,63+,64+,65+/m0/s1. The molecule has 0 aromatic heterocycles. The van der Waals surface area contributed by atoms with Crippen LogP contribution in [0.4, 0.5) is 0 Å². The van der Waals surface area contributed by atoms with Gasteiger partial charge in [0.2, 0.25) is 6.29 Å². The molecule has 5 aliphatic carbocycles.